The number of hydrogen-bond donors (Lipinski definition) is 0. The van der Waals surface area contributed by atoms with Gasteiger partial charge in [-0.2, -0.15) is 0 Å². The Kier molecular flexibility index (Phi) is 10.4. The zero-order chi connectivity index (χ0) is 23.6. The maximum atomic E-state index is 11.5. The molecule has 8 heteroatoms. The second kappa shape index (κ2) is 12.7. The van der Waals surface area contributed by atoms with Crippen molar-refractivity contribution in [1.29, 1.82) is 0 Å². The summed E-state index contributed by atoms with van der Waals surface area (Å²) in [4.78, 5) is 34.5. The van der Waals surface area contributed by atoms with Crippen LogP contribution in [-0.4, -0.2) is 39.4 Å². The van der Waals surface area contributed by atoms with Gasteiger partial charge >= 0.3 is 8.80 Å². The molecule has 7 nitrogen and oxygen atoms in total. The number of aryl methyl sites for hydroxylation is 1. The first-order valence-corrected chi connectivity index (χ1v) is 13.5. The van der Waals surface area contributed by atoms with Crippen LogP contribution in [0.2, 0.25) is 6.04 Å². The van der Waals surface area contributed by atoms with Crippen LogP contribution in [0, 0.1) is 0 Å². The highest BCUT2D eigenvalue weighted by Crippen LogP contribution is 2.34. The van der Waals surface area contributed by atoms with Crippen LogP contribution < -0.4 is 0 Å². The molecule has 0 atom stereocenters. The normalized spacial score (nSPS) is 18.6. The molecule has 2 rings (SSSR count). The molecule has 1 saturated carbocycles. The molecule has 0 radical (unpaired) electrons. The molecule has 0 bridgehead atoms. The molecule has 1 aromatic rings. The van der Waals surface area contributed by atoms with E-state index in [2.05, 4.69) is 31.2 Å². The second-order valence-corrected chi connectivity index (χ2v) is 10.9. The molecule has 0 heterocycles. The Hall–Kier alpha value is -2.19. The lowest BCUT2D eigenvalue weighted by Gasteiger charge is -2.29. The Bertz CT molecular complexity index is 713. The van der Waals surface area contributed by atoms with Crippen molar-refractivity contribution in [2.24, 2.45) is 0 Å². The fourth-order valence-electron chi connectivity index (χ4n) is 4.22. The third-order valence-corrected chi connectivity index (χ3v) is 8.30. The molecule has 1 fully saturated rings. The second-order valence-electron chi connectivity index (χ2n) is 8.40. The lowest BCUT2D eigenvalue weighted by Crippen LogP contribution is -2.49. The standard InChI is InChI=1S/C24H36O7Si/c1-5-7-21-8-10-22(11-9-21)23-12-14-24(15-13-23)28-16-6-17-32(29-18(2)25,30-19(3)26)31-20(4)27/h8-11,23-24H,5-7,12-17H2,1-4H3/t23-,24-. The topological polar surface area (TPSA) is 88.1 Å². The van der Waals surface area contributed by atoms with Crippen LogP contribution in [0.1, 0.15) is 83.3 Å². The molecule has 178 valence electrons. The smallest absolute Gasteiger partial charge is 0.455 e. The molecule has 0 saturated heterocycles. The lowest BCUT2D eigenvalue weighted by atomic mass is 9.82. The van der Waals surface area contributed by atoms with Gasteiger partial charge in [0.2, 0.25) is 0 Å². The van der Waals surface area contributed by atoms with E-state index in [1.165, 1.54) is 31.9 Å². The van der Waals surface area contributed by atoms with Gasteiger partial charge in [-0.05, 0) is 55.6 Å². The molecule has 0 spiro atoms. The quantitative estimate of drug-likeness (QED) is 0.346. The minimum Gasteiger partial charge on any atom is -0.455 e. The van der Waals surface area contributed by atoms with E-state index in [9.17, 15) is 14.4 Å². The van der Waals surface area contributed by atoms with Crippen molar-refractivity contribution in [1.82, 2.24) is 0 Å². The summed E-state index contributed by atoms with van der Waals surface area (Å²) in [6, 6.07) is 9.16. The Morgan fingerprint density at radius 3 is 1.88 bits per heavy atom. The number of ether oxygens (including phenoxy) is 1. The van der Waals surface area contributed by atoms with E-state index in [1.54, 1.807) is 0 Å². The number of carbonyl (C=O) groups is 3. The van der Waals surface area contributed by atoms with Crippen LogP contribution >= 0.6 is 0 Å². The molecular formula is C24H36O7Si. The van der Waals surface area contributed by atoms with Crippen LogP contribution in [0.4, 0.5) is 0 Å². The van der Waals surface area contributed by atoms with Gasteiger partial charge in [0, 0.05) is 27.4 Å². The molecule has 1 aromatic carbocycles. The highest BCUT2D eigenvalue weighted by molar-refractivity contribution is 6.65. The summed E-state index contributed by atoms with van der Waals surface area (Å²) in [5.74, 6) is -1.38. The van der Waals surface area contributed by atoms with Gasteiger partial charge < -0.3 is 18.0 Å². The molecule has 32 heavy (non-hydrogen) atoms. The molecule has 1 aliphatic rings. The van der Waals surface area contributed by atoms with Gasteiger partial charge in [-0.1, -0.05) is 37.6 Å². The number of rotatable bonds is 11. The Morgan fingerprint density at radius 2 is 1.41 bits per heavy atom. The maximum Gasteiger partial charge on any atom is 0.705 e. The van der Waals surface area contributed by atoms with E-state index in [1.807, 2.05) is 0 Å². The summed E-state index contributed by atoms with van der Waals surface area (Å²) in [7, 11) is -3.77. The van der Waals surface area contributed by atoms with Crippen molar-refractivity contribution in [3.63, 3.8) is 0 Å². The van der Waals surface area contributed by atoms with E-state index >= 15 is 0 Å². The minimum absolute atomic E-state index is 0.144. The molecular weight excluding hydrogens is 428 g/mol. The minimum atomic E-state index is -3.77. The monoisotopic (exact) mass is 464 g/mol. The summed E-state index contributed by atoms with van der Waals surface area (Å²) < 4.78 is 21.6. The zero-order valence-corrected chi connectivity index (χ0v) is 20.7. The van der Waals surface area contributed by atoms with Gasteiger partial charge in [0.15, 0.2) is 0 Å². The van der Waals surface area contributed by atoms with E-state index in [-0.39, 0.29) is 12.1 Å². The number of hydrogen-bond acceptors (Lipinski definition) is 7. The summed E-state index contributed by atoms with van der Waals surface area (Å²) in [5.41, 5.74) is 2.80. The van der Waals surface area contributed by atoms with Gasteiger partial charge in [0.05, 0.1) is 12.1 Å². The SMILES string of the molecule is CCCc1ccc([C@H]2CC[C@H](OCCC[Si](OC(C)=O)(OC(C)=O)OC(C)=O)CC2)cc1. The third kappa shape index (κ3) is 8.74. The Labute approximate surface area is 192 Å². The van der Waals surface area contributed by atoms with Crippen LogP contribution in [0.15, 0.2) is 24.3 Å². The molecule has 0 amide bonds. The van der Waals surface area contributed by atoms with Gasteiger partial charge in [0.1, 0.15) is 0 Å². The van der Waals surface area contributed by atoms with Crippen LogP contribution in [0.25, 0.3) is 0 Å². The van der Waals surface area contributed by atoms with Gasteiger partial charge in [0.25, 0.3) is 17.9 Å². The van der Waals surface area contributed by atoms with Crippen molar-refractivity contribution in [2.75, 3.05) is 6.61 Å². The number of carbonyl (C=O) groups excluding carboxylic acids is 3. The van der Waals surface area contributed by atoms with Crippen molar-refractivity contribution < 1.29 is 32.4 Å². The number of benzene rings is 1. The van der Waals surface area contributed by atoms with Crippen LogP contribution in [-0.2, 0) is 38.8 Å². The fourth-order valence-corrected chi connectivity index (χ4v) is 6.54. The highest BCUT2D eigenvalue weighted by Gasteiger charge is 2.51. The average molecular weight is 465 g/mol. The summed E-state index contributed by atoms with van der Waals surface area (Å²) >= 11 is 0. The molecule has 0 aromatic heterocycles. The molecule has 0 aliphatic heterocycles. The van der Waals surface area contributed by atoms with Crippen molar-refractivity contribution >= 4 is 26.7 Å². The summed E-state index contributed by atoms with van der Waals surface area (Å²) in [5, 5.41) is 0. The summed E-state index contributed by atoms with van der Waals surface area (Å²) in [6.45, 7) is 6.20. The van der Waals surface area contributed by atoms with E-state index < -0.39 is 26.7 Å². The van der Waals surface area contributed by atoms with Crippen LogP contribution in [0.5, 0.6) is 0 Å². The maximum absolute atomic E-state index is 11.5. The molecule has 0 N–H and O–H groups in total. The first-order valence-electron chi connectivity index (χ1n) is 11.5. The first-order chi connectivity index (χ1) is 15.2. The Balaban J connectivity index is 1.80. The van der Waals surface area contributed by atoms with Gasteiger partial charge in [-0.3, -0.25) is 14.4 Å². The van der Waals surface area contributed by atoms with Crippen molar-refractivity contribution in [3.05, 3.63) is 35.4 Å². The molecule has 0 unspecified atom stereocenters. The van der Waals surface area contributed by atoms with Crippen molar-refractivity contribution in [3.8, 4) is 0 Å². The highest BCUT2D eigenvalue weighted by atomic mass is 28.4. The largest absolute Gasteiger partial charge is 0.705 e. The summed E-state index contributed by atoms with van der Waals surface area (Å²) in [6.07, 6.45) is 7.07. The average Bonchev–Trinajstić information content (AvgIpc) is 2.71. The van der Waals surface area contributed by atoms with Crippen LogP contribution in [0.3, 0.4) is 0 Å². The van der Waals surface area contributed by atoms with E-state index in [0.717, 1.165) is 38.5 Å². The predicted octanol–water partition coefficient (Wildman–Crippen LogP) is 4.70. The predicted molar refractivity (Wildman–Crippen MR) is 122 cm³/mol. The van der Waals surface area contributed by atoms with E-state index in [0.29, 0.717) is 18.9 Å². The zero-order valence-electron chi connectivity index (χ0n) is 19.7. The third-order valence-electron chi connectivity index (χ3n) is 5.54. The Morgan fingerprint density at radius 1 is 0.875 bits per heavy atom. The van der Waals surface area contributed by atoms with E-state index in [4.69, 9.17) is 18.0 Å². The lowest BCUT2D eigenvalue weighted by molar-refractivity contribution is -0.147. The van der Waals surface area contributed by atoms with Gasteiger partial charge in [-0.15, -0.1) is 0 Å². The van der Waals surface area contributed by atoms with Gasteiger partial charge in [-0.25, -0.2) is 0 Å². The molecule has 1 aliphatic carbocycles. The fraction of sp³-hybridized carbons (Fsp3) is 0.625. The first kappa shape index (κ1) is 26.1. The van der Waals surface area contributed by atoms with Crippen molar-refractivity contribution in [2.45, 2.75) is 90.7 Å².